The highest BCUT2D eigenvalue weighted by atomic mass is 32.2. The molecule has 36 heavy (non-hydrogen) atoms. The van der Waals surface area contributed by atoms with Crippen molar-refractivity contribution in [2.24, 2.45) is 0 Å². The Bertz CT molecular complexity index is 1180. The van der Waals surface area contributed by atoms with Crippen molar-refractivity contribution in [3.05, 3.63) is 58.5 Å². The highest BCUT2D eigenvalue weighted by Gasteiger charge is 2.36. The summed E-state index contributed by atoms with van der Waals surface area (Å²) in [7, 11) is -1.35. The normalized spacial score (nSPS) is 21.1. The molecular formula is C27H36N2O6S. The Hall–Kier alpha value is -2.78. The summed E-state index contributed by atoms with van der Waals surface area (Å²) in [5.41, 5.74) is 1.37. The molecule has 9 heteroatoms. The largest absolute Gasteiger partial charge is 0.494 e. The van der Waals surface area contributed by atoms with Gasteiger partial charge in [-0.15, -0.1) is 0 Å². The quantitative estimate of drug-likeness (QED) is 0.451. The van der Waals surface area contributed by atoms with E-state index >= 15 is 0 Å². The molecule has 0 saturated carbocycles. The lowest BCUT2D eigenvalue weighted by Gasteiger charge is -2.30. The van der Waals surface area contributed by atoms with Gasteiger partial charge in [0.15, 0.2) is 9.84 Å². The highest BCUT2D eigenvalue weighted by Crippen LogP contribution is 2.33. The topological polar surface area (TPSA) is 96.4 Å². The van der Waals surface area contributed by atoms with Gasteiger partial charge < -0.3 is 24.4 Å². The van der Waals surface area contributed by atoms with E-state index < -0.39 is 21.5 Å². The van der Waals surface area contributed by atoms with Crippen LogP contribution in [-0.2, 0) is 9.84 Å². The minimum Gasteiger partial charge on any atom is -0.494 e. The minimum absolute atomic E-state index is 0.0212. The Morgan fingerprint density at radius 1 is 1.14 bits per heavy atom. The number of nitrogens with zero attached hydrogens (tertiary/aromatic N) is 2. The third-order valence-corrected chi connectivity index (χ3v) is 8.29. The lowest BCUT2D eigenvalue weighted by atomic mass is 9.99. The van der Waals surface area contributed by atoms with Crippen molar-refractivity contribution in [2.75, 3.05) is 33.0 Å². The van der Waals surface area contributed by atoms with Crippen molar-refractivity contribution in [3.63, 3.8) is 0 Å². The monoisotopic (exact) mass is 516 g/mol. The van der Waals surface area contributed by atoms with E-state index in [0.29, 0.717) is 49.6 Å². The van der Waals surface area contributed by atoms with Gasteiger partial charge in [0.05, 0.1) is 12.6 Å². The molecule has 3 aliphatic rings. The van der Waals surface area contributed by atoms with E-state index in [4.69, 9.17) is 9.47 Å². The van der Waals surface area contributed by atoms with Gasteiger partial charge in [0, 0.05) is 37.7 Å². The number of carbonyl (C=O) groups is 1. The maximum atomic E-state index is 12.7. The molecule has 2 amide bonds. The third kappa shape index (κ3) is 6.31. The standard InChI is InChI=1S/C27H36N2O6S/c1-27(2,25(30)20-7-8-20)35-23-11-9-22(10-12-23)34-16-15-21-18-29(26(31)28(21)3)17-19-5-13-24(14-6-19)36(4,32)33/h5,7,9-13,21,25,30H,6,8,14-18H2,1-4H3. The summed E-state index contributed by atoms with van der Waals surface area (Å²) in [6, 6.07) is 7.38. The number of hydrogen-bond acceptors (Lipinski definition) is 6. The molecule has 1 heterocycles. The Kier molecular flexibility index (Phi) is 7.52. The smallest absolute Gasteiger partial charge is 0.320 e. The summed E-state index contributed by atoms with van der Waals surface area (Å²) in [6.07, 6.45) is 8.79. The van der Waals surface area contributed by atoms with Gasteiger partial charge in [0.1, 0.15) is 23.2 Å². The Morgan fingerprint density at radius 3 is 2.39 bits per heavy atom. The SMILES string of the molecule is CN1C(=O)N(CC2=CC=C(S(C)(=O)=O)CC2)CC1CCOc1ccc(OC(C)(C)C(O)C2=CC2)cc1. The number of benzene rings is 1. The first kappa shape index (κ1) is 26.3. The summed E-state index contributed by atoms with van der Waals surface area (Å²) in [6.45, 7) is 5.34. The van der Waals surface area contributed by atoms with E-state index in [1.807, 2.05) is 62.2 Å². The fraction of sp³-hybridized carbons (Fsp3) is 0.519. The van der Waals surface area contributed by atoms with Crippen LogP contribution in [0.15, 0.2) is 58.5 Å². The van der Waals surface area contributed by atoms with E-state index in [9.17, 15) is 18.3 Å². The van der Waals surface area contributed by atoms with Gasteiger partial charge in [-0.3, -0.25) is 0 Å². The van der Waals surface area contributed by atoms with E-state index in [1.165, 1.54) is 6.26 Å². The van der Waals surface area contributed by atoms with E-state index in [0.717, 1.165) is 23.3 Å². The molecule has 0 spiro atoms. The molecule has 1 fully saturated rings. The fourth-order valence-corrected chi connectivity index (χ4v) is 5.39. The molecule has 2 unspecified atom stereocenters. The molecule has 1 N–H and O–H groups in total. The molecule has 8 nitrogen and oxygen atoms in total. The second-order valence-corrected chi connectivity index (χ2v) is 12.4. The van der Waals surface area contributed by atoms with Crippen LogP contribution >= 0.6 is 0 Å². The zero-order valence-electron chi connectivity index (χ0n) is 21.4. The molecule has 4 rings (SSSR count). The van der Waals surface area contributed by atoms with Gasteiger partial charge in [-0.05, 0) is 69.0 Å². The number of ether oxygens (including phenoxy) is 2. The number of aliphatic hydroxyl groups excluding tert-OH is 1. The minimum atomic E-state index is -3.16. The van der Waals surface area contributed by atoms with Crippen LogP contribution in [0.2, 0.25) is 0 Å². The molecule has 0 bridgehead atoms. The van der Waals surface area contributed by atoms with Crippen LogP contribution < -0.4 is 9.47 Å². The molecule has 2 atom stereocenters. The predicted octanol–water partition coefficient (Wildman–Crippen LogP) is 3.69. The van der Waals surface area contributed by atoms with Gasteiger partial charge in [0.2, 0.25) is 0 Å². The molecule has 1 aromatic rings. The average Bonchev–Trinajstić information content (AvgIpc) is 3.63. The van der Waals surface area contributed by atoms with Crippen molar-refractivity contribution in [2.45, 2.75) is 57.3 Å². The number of rotatable bonds is 11. The van der Waals surface area contributed by atoms with Gasteiger partial charge in [0.25, 0.3) is 0 Å². The number of allylic oxidation sites excluding steroid dienone is 4. The van der Waals surface area contributed by atoms with Crippen LogP contribution in [0, 0.1) is 0 Å². The summed E-state index contributed by atoms with van der Waals surface area (Å²) in [5.74, 6) is 1.38. The van der Waals surface area contributed by atoms with Crippen LogP contribution in [0.25, 0.3) is 0 Å². The van der Waals surface area contributed by atoms with Crippen LogP contribution in [0.4, 0.5) is 4.79 Å². The van der Waals surface area contributed by atoms with Crippen LogP contribution in [0.1, 0.15) is 39.5 Å². The van der Waals surface area contributed by atoms with Crippen molar-refractivity contribution < 1.29 is 27.8 Å². The van der Waals surface area contributed by atoms with Gasteiger partial charge in [-0.25, -0.2) is 13.2 Å². The van der Waals surface area contributed by atoms with E-state index in [2.05, 4.69) is 0 Å². The fourth-order valence-electron chi connectivity index (χ4n) is 4.60. The first-order valence-corrected chi connectivity index (χ1v) is 14.2. The van der Waals surface area contributed by atoms with Crippen LogP contribution in [0.5, 0.6) is 11.5 Å². The van der Waals surface area contributed by atoms with E-state index in [1.54, 1.807) is 11.0 Å². The molecule has 1 saturated heterocycles. The van der Waals surface area contributed by atoms with Crippen LogP contribution in [0.3, 0.4) is 0 Å². The van der Waals surface area contributed by atoms with Crippen LogP contribution in [-0.4, -0.2) is 80.1 Å². The second kappa shape index (κ2) is 10.3. The number of urea groups is 1. The summed E-state index contributed by atoms with van der Waals surface area (Å²) < 4.78 is 35.3. The van der Waals surface area contributed by atoms with Gasteiger partial charge in [-0.2, -0.15) is 0 Å². The Balaban J connectivity index is 1.24. The molecule has 0 radical (unpaired) electrons. The predicted molar refractivity (Wildman–Crippen MR) is 139 cm³/mol. The first-order chi connectivity index (χ1) is 16.9. The zero-order valence-corrected chi connectivity index (χ0v) is 22.3. The maximum Gasteiger partial charge on any atom is 0.320 e. The third-order valence-electron chi connectivity index (χ3n) is 6.99. The number of likely N-dealkylation sites (N-methyl/N-ethyl adjacent to an activating group) is 1. The van der Waals surface area contributed by atoms with Gasteiger partial charge >= 0.3 is 6.03 Å². The summed E-state index contributed by atoms with van der Waals surface area (Å²) in [5, 5.41) is 10.4. The lowest BCUT2D eigenvalue weighted by molar-refractivity contribution is -0.00576. The number of aliphatic hydroxyl groups is 1. The Labute approximate surface area is 213 Å². The molecule has 1 aromatic carbocycles. The number of sulfone groups is 1. The molecule has 2 aliphatic carbocycles. The molecule has 0 aromatic heterocycles. The van der Waals surface area contributed by atoms with Crippen molar-refractivity contribution in [3.8, 4) is 11.5 Å². The van der Waals surface area contributed by atoms with Crippen molar-refractivity contribution >= 4 is 15.9 Å². The van der Waals surface area contributed by atoms with Gasteiger partial charge in [-0.1, -0.05) is 17.7 Å². The maximum absolute atomic E-state index is 12.7. The first-order valence-electron chi connectivity index (χ1n) is 12.3. The second-order valence-electron chi connectivity index (χ2n) is 10.4. The number of carbonyl (C=O) groups excluding carboxylic acids is 1. The average molecular weight is 517 g/mol. The highest BCUT2D eigenvalue weighted by molar-refractivity contribution is 7.94. The van der Waals surface area contributed by atoms with Crippen molar-refractivity contribution in [1.82, 2.24) is 9.80 Å². The number of amides is 2. The lowest BCUT2D eigenvalue weighted by Crippen LogP contribution is -2.41. The molecule has 196 valence electrons. The Morgan fingerprint density at radius 2 is 1.81 bits per heavy atom. The summed E-state index contributed by atoms with van der Waals surface area (Å²) >= 11 is 0. The number of hydrogen-bond donors (Lipinski definition) is 1. The van der Waals surface area contributed by atoms with Crippen molar-refractivity contribution in [1.29, 1.82) is 0 Å². The molecule has 1 aliphatic heterocycles. The summed E-state index contributed by atoms with van der Waals surface area (Å²) in [4.78, 5) is 16.7. The van der Waals surface area contributed by atoms with E-state index in [-0.39, 0.29) is 12.1 Å². The zero-order chi connectivity index (χ0) is 26.1. The molecular weight excluding hydrogens is 480 g/mol.